The molecule has 2 atom stereocenters. The molecule has 192 valence electrons. The van der Waals surface area contributed by atoms with E-state index in [0.29, 0.717) is 28.8 Å². The molecule has 2 aromatic carbocycles. The van der Waals surface area contributed by atoms with E-state index in [1.54, 1.807) is 26.2 Å². The third kappa shape index (κ3) is 4.88. The fourth-order valence-corrected chi connectivity index (χ4v) is 5.79. The molecule has 0 saturated heterocycles. The molecule has 1 heterocycles. The van der Waals surface area contributed by atoms with Crippen LogP contribution < -0.4 is 10.1 Å². The minimum Gasteiger partial charge on any atom is -0.497 e. The minimum atomic E-state index is -0.727. The van der Waals surface area contributed by atoms with E-state index in [9.17, 15) is 19.7 Å². The van der Waals surface area contributed by atoms with E-state index in [-0.39, 0.29) is 29.9 Å². The molecule has 0 amide bonds. The Hall–Kier alpha value is -3.94. The Morgan fingerprint density at radius 3 is 2.46 bits per heavy atom. The van der Waals surface area contributed by atoms with Crippen molar-refractivity contribution in [2.24, 2.45) is 0 Å². The highest BCUT2D eigenvalue weighted by Crippen LogP contribution is 2.46. The zero-order chi connectivity index (χ0) is 26.1. The molecular weight excluding hydrogens is 472 g/mol. The van der Waals surface area contributed by atoms with E-state index in [2.05, 4.69) is 5.32 Å². The van der Waals surface area contributed by atoms with Crippen molar-refractivity contribution >= 4 is 17.4 Å². The number of Topliss-reactive ketones (excluding diaryl/α,β-unsaturated/α-hetero) is 1. The maximum atomic E-state index is 13.7. The normalized spacial score (nSPS) is 21.9. The summed E-state index contributed by atoms with van der Waals surface area (Å²) in [6.07, 6.45) is 4.40. The van der Waals surface area contributed by atoms with Gasteiger partial charge in [-0.15, -0.1) is 0 Å². The average molecular weight is 503 g/mol. The van der Waals surface area contributed by atoms with Gasteiger partial charge in [0.05, 0.1) is 17.6 Å². The number of carbonyl (C=O) groups is 2. The number of ketones is 1. The Kier molecular flexibility index (Phi) is 6.82. The number of ether oxygens (including phenoxy) is 2. The summed E-state index contributed by atoms with van der Waals surface area (Å²) in [5, 5.41) is 14.9. The average Bonchev–Trinajstić information content (AvgIpc) is 3.40. The molecule has 1 saturated carbocycles. The fraction of sp³-hybridized carbons (Fsp3) is 0.379. The predicted molar refractivity (Wildman–Crippen MR) is 137 cm³/mol. The second kappa shape index (κ2) is 10.2. The highest BCUT2D eigenvalue weighted by atomic mass is 16.6. The van der Waals surface area contributed by atoms with Gasteiger partial charge in [0.1, 0.15) is 11.9 Å². The molecule has 1 aliphatic heterocycles. The number of hydrogen-bond donors (Lipinski definition) is 1. The molecule has 0 bridgehead atoms. The molecular formula is C29H30N2O6. The number of non-ortho nitro benzene ring substituents is 1. The number of nitrogens with zero attached hydrogens (tertiary/aromatic N) is 1. The molecule has 8 heteroatoms. The topological polar surface area (TPSA) is 108 Å². The smallest absolute Gasteiger partial charge is 0.337 e. The Labute approximate surface area is 215 Å². The summed E-state index contributed by atoms with van der Waals surface area (Å²) < 4.78 is 11.1. The summed E-state index contributed by atoms with van der Waals surface area (Å²) in [6, 6.07) is 13.9. The van der Waals surface area contributed by atoms with E-state index >= 15 is 0 Å². The number of nitrogens with one attached hydrogen (secondary N) is 1. The van der Waals surface area contributed by atoms with Crippen molar-refractivity contribution in [2.75, 3.05) is 7.11 Å². The van der Waals surface area contributed by atoms with Crippen LogP contribution in [0.25, 0.3) is 0 Å². The molecule has 8 nitrogen and oxygen atoms in total. The molecule has 3 aliphatic rings. The van der Waals surface area contributed by atoms with Gasteiger partial charge in [0, 0.05) is 41.4 Å². The molecule has 1 N–H and O–H groups in total. The maximum Gasteiger partial charge on any atom is 0.337 e. The molecule has 0 aromatic heterocycles. The van der Waals surface area contributed by atoms with Crippen molar-refractivity contribution < 1.29 is 24.0 Å². The Bertz CT molecular complexity index is 1300. The van der Waals surface area contributed by atoms with Gasteiger partial charge in [0.15, 0.2) is 5.78 Å². The van der Waals surface area contributed by atoms with E-state index in [4.69, 9.17) is 9.47 Å². The number of benzene rings is 2. The van der Waals surface area contributed by atoms with Gasteiger partial charge in [-0.05, 0) is 68.2 Å². The lowest BCUT2D eigenvalue weighted by Crippen LogP contribution is -2.36. The number of methoxy groups -OCH3 is 1. The van der Waals surface area contributed by atoms with Gasteiger partial charge < -0.3 is 14.8 Å². The Morgan fingerprint density at radius 1 is 1.05 bits per heavy atom. The van der Waals surface area contributed by atoms with Crippen LogP contribution in [-0.2, 0) is 14.3 Å². The number of dihydropyridines is 1. The van der Waals surface area contributed by atoms with Gasteiger partial charge in [0.2, 0.25) is 0 Å². The van der Waals surface area contributed by atoms with Crippen molar-refractivity contribution in [1.82, 2.24) is 5.32 Å². The van der Waals surface area contributed by atoms with Gasteiger partial charge in [-0.25, -0.2) is 4.79 Å². The molecule has 2 aromatic rings. The van der Waals surface area contributed by atoms with E-state index < -0.39 is 16.8 Å². The summed E-state index contributed by atoms with van der Waals surface area (Å²) in [7, 11) is 1.61. The van der Waals surface area contributed by atoms with Gasteiger partial charge in [-0.1, -0.05) is 24.3 Å². The largest absolute Gasteiger partial charge is 0.497 e. The van der Waals surface area contributed by atoms with Crippen LogP contribution in [0.4, 0.5) is 5.69 Å². The number of nitro benzene ring substituents is 1. The fourth-order valence-electron chi connectivity index (χ4n) is 5.79. The van der Waals surface area contributed by atoms with Crippen LogP contribution in [0.2, 0.25) is 0 Å². The van der Waals surface area contributed by atoms with Gasteiger partial charge in [-0.3, -0.25) is 14.9 Å². The second-order valence-corrected chi connectivity index (χ2v) is 9.95. The van der Waals surface area contributed by atoms with E-state index in [1.165, 1.54) is 12.1 Å². The lowest BCUT2D eigenvalue weighted by Gasteiger charge is -2.37. The first-order chi connectivity index (χ1) is 17.9. The van der Waals surface area contributed by atoms with Crippen LogP contribution in [0.5, 0.6) is 5.75 Å². The number of nitro groups is 1. The van der Waals surface area contributed by atoms with Crippen LogP contribution in [-0.4, -0.2) is 29.9 Å². The number of carbonyl (C=O) groups excluding carboxylic acids is 2. The zero-order valence-corrected chi connectivity index (χ0v) is 21.0. The molecule has 2 aliphatic carbocycles. The lowest BCUT2D eigenvalue weighted by molar-refractivity contribution is -0.384. The first-order valence-corrected chi connectivity index (χ1v) is 12.7. The summed E-state index contributed by atoms with van der Waals surface area (Å²) in [6.45, 7) is 1.81. The first-order valence-electron chi connectivity index (χ1n) is 12.7. The molecule has 0 radical (unpaired) electrons. The Morgan fingerprint density at radius 2 is 1.78 bits per heavy atom. The third-order valence-electron chi connectivity index (χ3n) is 7.62. The molecule has 1 fully saturated rings. The molecule has 5 rings (SSSR count). The van der Waals surface area contributed by atoms with E-state index in [1.807, 2.05) is 24.3 Å². The molecule has 2 unspecified atom stereocenters. The maximum absolute atomic E-state index is 13.7. The number of allylic oxidation sites excluding steroid dienone is 3. The van der Waals surface area contributed by atoms with Crippen molar-refractivity contribution in [3.8, 4) is 5.75 Å². The number of esters is 1. The lowest BCUT2D eigenvalue weighted by atomic mass is 9.71. The zero-order valence-electron chi connectivity index (χ0n) is 21.0. The highest BCUT2D eigenvalue weighted by Gasteiger charge is 2.42. The first kappa shape index (κ1) is 24.7. The van der Waals surface area contributed by atoms with Crippen molar-refractivity contribution in [1.29, 1.82) is 0 Å². The number of hydrogen-bond acceptors (Lipinski definition) is 7. The summed E-state index contributed by atoms with van der Waals surface area (Å²) in [5.41, 5.74) is 3.69. The Balaban J connectivity index is 1.55. The van der Waals surface area contributed by atoms with Gasteiger partial charge in [-0.2, -0.15) is 0 Å². The summed E-state index contributed by atoms with van der Waals surface area (Å²) in [4.78, 5) is 38.3. The third-order valence-corrected chi connectivity index (χ3v) is 7.62. The standard InChI is InChI=1S/C29H30N2O6/c1-17-26(29(33)37-23-8-3-4-9-23)27(19-6-5-7-21(14-19)31(34)35)28-24(30-17)15-20(16-25(28)32)18-10-12-22(36-2)13-11-18/h5-7,10-14,20,23,27,30H,3-4,8-9,15-16H2,1-2H3. The van der Waals surface area contributed by atoms with Crippen LogP contribution in [0, 0.1) is 10.1 Å². The van der Waals surface area contributed by atoms with Gasteiger partial charge >= 0.3 is 5.97 Å². The number of rotatable bonds is 6. The monoisotopic (exact) mass is 502 g/mol. The SMILES string of the molecule is COc1ccc(C2CC(=O)C3=C(C2)NC(C)=C(C(=O)OC2CCCC2)C3c2cccc([N+](=O)[O-])c2)cc1. The second-order valence-electron chi connectivity index (χ2n) is 9.95. The van der Waals surface area contributed by atoms with Crippen LogP contribution >= 0.6 is 0 Å². The van der Waals surface area contributed by atoms with Crippen molar-refractivity contribution in [3.05, 3.63) is 92.3 Å². The quantitative estimate of drug-likeness (QED) is 0.318. The molecule has 0 spiro atoms. The van der Waals surface area contributed by atoms with Crippen molar-refractivity contribution in [2.45, 2.75) is 63.4 Å². The van der Waals surface area contributed by atoms with Crippen LogP contribution in [0.15, 0.2) is 71.1 Å². The predicted octanol–water partition coefficient (Wildman–Crippen LogP) is 5.45. The van der Waals surface area contributed by atoms with Crippen LogP contribution in [0.3, 0.4) is 0 Å². The molecule has 37 heavy (non-hydrogen) atoms. The van der Waals surface area contributed by atoms with E-state index in [0.717, 1.165) is 42.7 Å². The van der Waals surface area contributed by atoms with Gasteiger partial charge in [0.25, 0.3) is 5.69 Å². The summed E-state index contributed by atoms with van der Waals surface area (Å²) in [5.74, 6) is -0.559. The minimum absolute atomic E-state index is 0.0322. The van der Waals surface area contributed by atoms with Crippen LogP contribution in [0.1, 0.15) is 68.4 Å². The summed E-state index contributed by atoms with van der Waals surface area (Å²) >= 11 is 0. The van der Waals surface area contributed by atoms with Crippen molar-refractivity contribution in [3.63, 3.8) is 0 Å². The highest BCUT2D eigenvalue weighted by molar-refractivity contribution is 6.04.